The van der Waals surface area contributed by atoms with Crippen LogP contribution < -0.4 is 4.72 Å². The largest absolute Gasteiger partial charge is 0.454 e. The fraction of sp³-hybridized carbons (Fsp3) is 0.125. The van der Waals surface area contributed by atoms with Crippen LogP contribution in [0, 0.1) is 0 Å². The molecule has 0 unspecified atom stereocenters. The molecule has 0 aliphatic rings. The van der Waals surface area contributed by atoms with E-state index in [4.69, 9.17) is 16.3 Å². The lowest BCUT2D eigenvalue weighted by atomic mass is 10.1. The van der Waals surface area contributed by atoms with E-state index < -0.39 is 28.4 Å². The number of rotatable bonds is 6. The molecule has 6 nitrogen and oxygen atoms in total. The average Bonchev–Trinajstić information content (AvgIpc) is 2.51. The summed E-state index contributed by atoms with van der Waals surface area (Å²) in [6, 6.07) is 12.0. The third-order valence-corrected chi connectivity index (χ3v) is 3.75. The summed E-state index contributed by atoms with van der Waals surface area (Å²) in [4.78, 5) is 23.8. The fourth-order valence-electron chi connectivity index (χ4n) is 1.85. The minimum absolute atomic E-state index is 0.253. The standard InChI is InChI=1S/C16H14ClNO5S/c1-24(21,22)18-14-7-5-11(6-8-14)15(19)10-23-16(20)12-3-2-4-13(17)9-12/h2-9,18H,10H2,1H3. The van der Waals surface area contributed by atoms with Crippen LogP contribution in [0.2, 0.25) is 5.02 Å². The lowest BCUT2D eigenvalue weighted by Gasteiger charge is -2.06. The van der Waals surface area contributed by atoms with Crippen molar-refractivity contribution >= 4 is 39.1 Å². The Morgan fingerprint density at radius 1 is 1.08 bits per heavy atom. The Labute approximate surface area is 144 Å². The van der Waals surface area contributed by atoms with E-state index in [9.17, 15) is 18.0 Å². The molecule has 2 aromatic carbocycles. The van der Waals surface area contributed by atoms with Crippen molar-refractivity contribution < 1.29 is 22.7 Å². The summed E-state index contributed by atoms with van der Waals surface area (Å²) in [5, 5.41) is 0.393. The summed E-state index contributed by atoms with van der Waals surface area (Å²) in [7, 11) is -3.38. The number of anilines is 1. The maximum atomic E-state index is 12.0. The van der Waals surface area contributed by atoms with E-state index in [0.717, 1.165) is 6.26 Å². The second-order valence-electron chi connectivity index (χ2n) is 4.96. The maximum Gasteiger partial charge on any atom is 0.338 e. The zero-order valence-corrected chi connectivity index (χ0v) is 14.2. The van der Waals surface area contributed by atoms with Gasteiger partial charge in [0.2, 0.25) is 10.0 Å². The van der Waals surface area contributed by atoms with Crippen LogP contribution in [-0.2, 0) is 14.8 Å². The van der Waals surface area contributed by atoms with Crippen LogP contribution in [0.5, 0.6) is 0 Å². The van der Waals surface area contributed by atoms with Gasteiger partial charge in [-0.15, -0.1) is 0 Å². The van der Waals surface area contributed by atoms with Crippen molar-refractivity contribution in [2.45, 2.75) is 0 Å². The maximum absolute atomic E-state index is 12.0. The summed E-state index contributed by atoms with van der Waals surface area (Å²) in [5.74, 6) is -1.06. The first-order chi connectivity index (χ1) is 11.2. The van der Waals surface area contributed by atoms with E-state index >= 15 is 0 Å². The molecule has 0 aliphatic carbocycles. The third-order valence-electron chi connectivity index (χ3n) is 2.90. The number of Topliss-reactive ketones (excluding diaryl/α,β-unsaturated/α-hetero) is 1. The van der Waals surface area contributed by atoms with Crippen LogP contribution in [0.25, 0.3) is 0 Å². The van der Waals surface area contributed by atoms with Crippen molar-refractivity contribution in [1.82, 2.24) is 0 Å². The first kappa shape index (κ1) is 18.0. The van der Waals surface area contributed by atoms with E-state index in [1.165, 1.54) is 36.4 Å². The van der Waals surface area contributed by atoms with E-state index in [-0.39, 0.29) is 5.56 Å². The summed E-state index contributed by atoms with van der Waals surface area (Å²) >= 11 is 5.78. The molecule has 0 aliphatic heterocycles. The highest BCUT2D eigenvalue weighted by Crippen LogP contribution is 2.13. The van der Waals surface area contributed by atoms with Gasteiger partial charge in [0.25, 0.3) is 0 Å². The van der Waals surface area contributed by atoms with Gasteiger partial charge in [-0.2, -0.15) is 0 Å². The molecule has 1 N–H and O–H groups in total. The van der Waals surface area contributed by atoms with E-state index in [1.807, 2.05) is 0 Å². The van der Waals surface area contributed by atoms with Gasteiger partial charge in [0.05, 0.1) is 11.8 Å². The van der Waals surface area contributed by atoms with Crippen molar-refractivity contribution in [3.05, 3.63) is 64.7 Å². The quantitative estimate of drug-likeness (QED) is 0.626. The van der Waals surface area contributed by atoms with Crippen LogP contribution in [-0.4, -0.2) is 33.0 Å². The number of benzene rings is 2. The molecule has 24 heavy (non-hydrogen) atoms. The van der Waals surface area contributed by atoms with Gasteiger partial charge < -0.3 is 4.74 Å². The van der Waals surface area contributed by atoms with Gasteiger partial charge in [-0.25, -0.2) is 13.2 Å². The topological polar surface area (TPSA) is 89.5 Å². The van der Waals surface area contributed by atoms with Gasteiger partial charge in [-0.3, -0.25) is 9.52 Å². The minimum atomic E-state index is -3.38. The number of carbonyl (C=O) groups is 2. The highest BCUT2D eigenvalue weighted by atomic mass is 35.5. The summed E-state index contributed by atoms with van der Waals surface area (Å²) in [6.45, 7) is -0.426. The summed E-state index contributed by atoms with van der Waals surface area (Å²) < 4.78 is 29.5. The lowest BCUT2D eigenvalue weighted by molar-refractivity contribution is 0.0475. The third kappa shape index (κ3) is 5.36. The van der Waals surface area contributed by atoms with Gasteiger partial charge in [-0.05, 0) is 42.5 Å². The highest BCUT2D eigenvalue weighted by molar-refractivity contribution is 7.92. The molecule has 2 rings (SSSR count). The van der Waals surface area contributed by atoms with Crippen molar-refractivity contribution in [3.8, 4) is 0 Å². The second-order valence-corrected chi connectivity index (χ2v) is 7.15. The molecule has 0 bridgehead atoms. The number of esters is 1. The normalized spacial score (nSPS) is 10.9. The molecule has 126 valence electrons. The molecular weight excluding hydrogens is 354 g/mol. The van der Waals surface area contributed by atoms with Crippen molar-refractivity contribution in [2.75, 3.05) is 17.6 Å². The Morgan fingerprint density at radius 3 is 2.33 bits per heavy atom. The van der Waals surface area contributed by atoms with Gasteiger partial charge >= 0.3 is 5.97 Å². The zero-order valence-electron chi connectivity index (χ0n) is 12.7. The van der Waals surface area contributed by atoms with Gasteiger partial charge in [-0.1, -0.05) is 17.7 Å². The number of nitrogens with one attached hydrogen (secondary N) is 1. The summed E-state index contributed by atoms with van der Waals surface area (Å²) in [5.41, 5.74) is 0.890. The van der Waals surface area contributed by atoms with Crippen molar-refractivity contribution in [1.29, 1.82) is 0 Å². The van der Waals surface area contributed by atoms with Gasteiger partial charge in [0.15, 0.2) is 12.4 Å². The fourth-order valence-corrected chi connectivity index (χ4v) is 2.61. The predicted octanol–water partition coefficient (Wildman–Crippen LogP) is 2.75. The molecule has 8 heteroatoms. The number of hydrogen-bond acceptors (Lipinski definition) is 5. The molecule has 0 aromatic heterocycles. The van der Waals surface area contributed by atoms with Crippen molar-refractivity contribution in [2.24, 2.45) is 0 Å². The molecule has 2 aromatic rings. The number of halogens is 1. The molecule has 0 heterocycles. The number of ether oxygens (including phenoxy) is 1. The second kappa shape index (κ2) is 7.46. The highest BCUT2D eigenvalue weighted by Gasteiger charge is 2.12. The van der Waals surface area contributed by atoms with E-state index in [1.54, 1.807) is 12.1 Å². The van der Waals surface area contributed by atoms with Gasteiger partial charge in [0, 0.05) is 16.3 Å². The predicted molar refractivity (Wildman–Crippen MR) is 91.0 cm³/mol. The molecule has 0 fully saturated rings. The van der Waals surface area contributed by atoms with E-state index in [0.29, 0.717) is 16.3 Å². The van der Waals surface area contributed by atoms with Crippen LogP contribution in [0.3, 0.4) is 0 Å². The summed E-state index contributed by atoms with van der Waals surface area (Å²) in [6.07, 6.45) is 1.03. The monoisotopic (exact) mass is 367 g/mol. The molecule has 0 saturated heterocycles. The minimum Gasteiger partial charge on any atom is -0.454 e. The first-order valence-corrected chi connectivity index (χ1v) is 9.05. The number of carbonyl (C=O) groups excluding carboxylic acids is 2. The van der Waals surface area contributed by atoms with E-state index in [2.05, 4.69) is 4.72 Å². The SMILES string of the molecule is CS(=O)(=O)Nc1ccc(C(=O)COC(=O)c2cccc(Cl)c2)cc1. The Bertz CT molecular complexity index is 862. The number of sulfonamides is 1. The average molecular weight is 368 g/mol. The van der Waals surface area contributed by atoms with Crippen molar-refractivity contribution in [3.63, 3.8) is 0 Å². The smallest absolute Gasteiger partial charge is 0.338 e. The Balaban J connectivity index is 1.96. The van der Waals surface area contributed by atoms with Crippen LogP contribution in [0.15, 0.2) is 48.5 Å². The molecule has 0 amide bonds. The Hall–Kier alpha value is -2.38. The van der Waals surface area contributed by atoms with Crippen LogP contribution in [0.4, 0.5) is 5.69 Å². The number of hydrogen-bond donors (Lipinski definition) is 1. The lowest BCUT2D eigenvalue weighted by Crippen LogP contribution is -2.14. The molecule has 0 atom stereocenters. The van der Waals surface area contributed by atoms with Gasteiger partial charge in [0.1, 0.15) is 0 Å². The number of ketones is 1. The molecular formula is C16H14ClNO5S. The van der Waals surface area contributed by atoms with Crippen LogP contribution >= 0.6 is 11.6 Å². The first-order valence-electron chi connectivity index (χ1n) is 6.78. The Morgan fingerprint density at radius 2 is 1.75 bits per heavy atom. The molecule has 0 radical (unpaired) electrons. The Kier molecular flexibility index (Phi) is 5.58. The van der Waals surface area contributed by atoms with Crippen LogP contribution in [0.1, 0.15) is 20.7 Å². The molecule has 0 spiro atoms. The zero-order chi connectivity index (χ0) is 17.7. The molecule has 0 saturated carbocycles.